The fourth-order valence-corrected chi connectivity index (χ4v) is 4.97. The Morgan fingerprint density at radius 2 is 1.69 bits per heavy atom. The Hall–Kier alpha value is -3.51. The van der Waals surface area contributed by atoms with Crippen molar-refractivity contribution in [1.29, 1.82) is 0 Å². The fraction of sp³-hybridized carbons (Fsp3) is 0.345. The lowest BCUT2D eigenvalue weighted by atomic mass is 9.90. The minimum atomic E-state index is -0.799. The van der Waals surface area contributed by atoms with Gasteiger partial charge >= 0.3 is 0 Å². The smallest absolute Gasteiger partial charge is 0.156 e. The molecule has 0 aliphatic carbocycles. The molecule has 180 valence electrons. The maximum Gasteiger partial charge on any atom is 0.156 e. The van der Waals surface area contributed by atoms with Crippen molar-refractivity contribution >= 4 is 22.4 Å². The second-order valence-corrected chi connectivity index (χ2v) is 9.42. The lowest BCUT2D eigenvalue weighted by molar-refractivity contribution is 0.0280. The molecule has 2 N–H and O–H groups in total. The van der Waals surface area contributed by atoms with Crippen molar-refractivity contribution in [1.82, 2.24) is 15.2 Å². The Bertz CT molecular complexity index is 1270. The van der Waals surface area contributed by atoms with Gasteiger partial charge in [0, 0.05) is 48.1 Å². The summed E-state index contributed by atoms with van der Waals surface area (Å²) < 4.78 is 0. The first kappa shape index (κ1) is 23.2. The van der Waals surface area contributed by atoms with Gasteiger partial charge in [-0.15, -0.1) is 5.10 Å². The molecule has 1 saturated heterocycles. The Balaban J connectivity index is 1.30. The van der Waals surface area contributed by atoms with Crippen molar-refractivity contribution in [2.75, 3.05) is 23.3 Å². The summed E-state index contributed by atoms with van der Waals surface area (Å²) in [5, 5.41) is 25.9. The molecule has 0 amide bonds. The van der Waals surface area contributed by atoms with Gasteiger partial charge in [0.2, 0.25) is 0 Å². The van der Waals surface area contributed by atoms with Gasteiger partial charge in [-0.1, -0.05) is 74.5 Å². The van der Waals surface area contributed by atoms with E-state index in [0.29, 0.717) is 12.8 Å². The highest BCUT2D eigenvalue weighted by Gasteiger charge is 2.27. The first-order chi connectivity index (χ1) is 17.1. The number of aliphatic hydroxyl groups is 1. The van der Waals surface area contributed by atoms with Gasteiger partial charge < -0.3 is 15.3 Å². The summed E-state index contributed by atoms with van der Waals surface area (Å²) in [4.78, 5) is 6.97. The third kappa shape index (κ3) is 4.84. The second kappa shape index (κ2) is 10.0. The van der Waals surface area contributed by atoms with Crippen molar-refractivity contribution in [3.63, 3.8) is 0 Å². The molecular formula is C29H33N5O. The van der Waals surface area contributed by atoms with E-state index in [4.69, 9.17) is 0 Å². The average molecular weight is 468 g/mol. The molecule has 6 nitrogen and oxygen atoms in total. The maximum absolute atomic E-state index is 10.8. The van der Waals surface area contributed by atoms with E-state index in [-0.39, 0.29) is 6.04 Å². The normalized spacial score (nSPS) is 16.1. The molecule has 3 heterocycles. The Kier molecular flexibility index (Phi) is 6.64. The summed E-state index contributed by atoms with van der Waals surface area (Å²) >= 11 is 0. The van der Waals surface area contributed by atoms with E-state index >= 15 is 0 Å². The lowest BCUT2D eigenvalue weighted by Crippen LogP contribution is -2.28. The lowest BCUT2D eigenvalue weighted by Gasteiger charge is -2.26. The topological polar surface area (TPSA) is 74.2 Å². The van der Waals surface area contributed by atoms with Gasteiger partial charge in [-0.2, -0.15) is 5.10 Å². The molecule has 1 atom stereocenters. The number of nitrogens with zero attached hydrogens (tertiary/aromatic N) is 4. The Morgan fingerprint density at radius 3 is 2.40 bits per heavy atom. The minimum Gasteiger partial charge on any atom is -0.385 e. The highest BCUT2D eigenvalue weighted by Crippen LogP contribution is 2.30. The van der Waals surface area contributed by atoms with E-state index in [2.05, 4.69) is 73.9 Å². The number of aromatic nitrogens is 3. The van der Waals surface area contributed by atoms with E-state index in [9.17, 15) is 5.11 Å². The number of nitrogens with one attached hydrogen (secondary N) is 1. The predicted molar refractivity (Wildman–Crippen MR) is 142 cm³/mol. The minimum absolute atomic E-state index is 0.261. The summed E-state index contributed by atoms with van der Waals surface area (Å²) in [5.74, 6) is 1.78. The van der Waals surface area contributed by atoms with Crippen LogP contribution in [0, 0.1) is 0 Å². The summed E-state index contributed by atoms with van der Waals surface area (Å²) in [6.07, 6.45) is 4.95. The molecule has 0 spiro atoms. The van der Waals surface area contributed by atoms with Crippen LogP contribution in [0.15, 0.2) is 72.9 Å². The van der Waals surface area contributed by atoms with E-state index in [0.717, 1.165) is 59.6 Å². The van der Waals surface area contributed by atoms with Crippen molar-refractivity contribution in [3.05, 3.63) is 89.7 Å². The van der Waals surface area contributed by atoms with Gasteiger partial charge in [0.15, 0.2) is 5.82 Å². The zero-order valence-electron chi connectivity index (χ0n) is 20.5. The van der Waals surface area contributed by atoms with Gasteiger partial charge in [0.1, 0.15) is 5.82 Å². The highest BCUT2D eigenvalue weighted by atomic mass is 16.3. The number of fused-ring (bicyclic) bond motifs is 1. The first-order valence-corrected chi connectivity index (χ1v) is 12.6. The molecule has 0 bridgehead atoms. The quantitative estimate of drug-likeness (QED) is 0.366. The molecule has 6 heteroatoms. The van der Waals surface area contributed by atoms with Crippen molar-refractivity contribution in [2.45, 2.75) is 51.2 Å². The molecule has 0 saturated carbocycles. The monoisotopic (exact) mass is 467 g/mol. The molecule has 35 heavy (non-hydrogen) atoms. The van der Waals surface area contributed by atoms with Crippen molar-refractivity contribution in [2.24, 2.45) is 0 Å². The summed E-state index contributed by atoms with van der Waals surface area (Å²) in [6, 6.07) is 23.1. The van der Waals surface area contributed by atoms with Crippen LogP contribution in [0.25, 0.3) is 10.8 Å². The number of benzene rings is 2. The van der Waals surface area contributed by atoms with Gasteiger partial charge in [0.05, 0.1) is 11.3 Å². The number of rotatable bonds is 8. The van der Waals surface area contributed by atoms with Gasteiger partial charge in [-0.25, -0.2) is 4.98 Å². The molecule has 2 aromatic carbocycles. The summed E-state index contributed by atoms with van der Waals surface area (Å²) in [6.45, 7) is 5.79. The fourth-order valence-electron chi connectivity index (χ4n) is 4.97. The molecular weight excluding hydrogens is 434 g/mol. The van der Waals surface area contributed by atoms with Crippen molar-refractivity contribution in [3.8, 4) is 0 Å². The van der Waals surface area contributed by atoms with Gasteiger partial charge in [0.25, 0.3) is 0 Å². The van der Waals surface area contributed by atoms with Crippen LogP contribution in [0.3, 0.4) is 0 Å². The Morgan fingerprint density at radius 1 is 0.943 bits per heavy atom. The third-order valence-electron chi connectivity index (χ3n) is 7.29. The second-order valence-electron chi connectivity index (χ2n) is 9.42. The molecule has 0 radical (unpaired) electrons. The number of pyridine rings is 1. The van der Waals surface area contributed by atoms with E-state index in [1.54, 1.807) is 0 Å². The van der Waals surface area contributed by atoms with E-state index in [1.807, 2.05) is 38.2 Å². The molecule has 4 aromatic rings. The zero-order chi connectivity index (χ0) is 24.3. The summed E-state index contributed by atoms with van der Waals surface area (Å²) in [5.41, 5.74) is 2.31. The predicted octanol–water partition coefficient (Wildman–Crippen LogP) is 5.31. The molecule has 5 rings (SSSR count). The van der Waals surface area contributed by atoms with Crippen LogP contribution < -0.4 is 10.2 Å². The summed E-state index contributed by atoms with van der Waals surface area (Å²) in [7, 11) is 0. The van der Waals surface area contributed by atoms with Gasteiger partial charge in [-0.05, 0) is 30.9 Å². The van der Waals surface area contributed by atoms with Crippen LogP contribution in [-0.2, 0) is 12.0 Å². The van der Waals surface area contributed by atoms with Crippen LogP contribution in [0.2, 0.25) is 0 Å². The number of anilines is 2. The SMILES string of the molecule is CCC(O)(CC)c1ccc(N2CCC(Nc3nnc(Cc4ccccc4)c4ccccc34)C2)nc1. The van der Waals surface area contributed by atoms with Crippen LogP contribution in [-0.4, -0.2) is 39.4 Å². The first-order valence-electron chi connectivity index (χ1n) is 12.6. The number of hydrogen-bond donors (Lipinski definition) is 2. The Labute approximate surface area is 207 Å². The molecule has 2 aromatic heterocycles. The van der Waals surface area contributed by atoms with Crippen LogP contribution in [0.4, 0.5) is 11.6 Å². The van der Waals surface area contributed by atoms with E-state index in [1.165, 1.54) is 5.56 Å². The molecule has 1 aliphatic rings. The van der Waals surface area contributed by atoms with Crippen LogP contribution in [0.5, 0.6) is 0 Å². The zero-order valence-corrected chi connectivity index (χ0v) is 20.5. The highest BCUT2D eigenvalue weighted by molar-refractivity contribution is 5.93. The molecule has 1 aliphatic heterocycles. The third-order valence-corrected chi connectivity index (χ3v) is 7.29. The average Bonchev–Trinajstić information content (AvgIpc) is 3.39. The largest absolute Gasteiger partial charge is 0.385 e. The van der Waals surface area contributed by atoms with Crippen LogP contribution in [0.1, 0.15) is 49.9 Å². The van der Waals surface area contributed by atoms with Crippen molar-refractivity contribution < 1.29 is 5.11 Å². The van der Waals surface area contributed by atoms with Crippen LogP contribution >= 0.6 is 0 Å². The number of hydrogen-bond acceptors (Lipinski definition) is 6. The maximum atomic E-state index is 10.8. The molecule has 1 fully saturated rings. The standard InChI is InChI=1S/C29H33N5O/c1-3-29(35,4-2)22-14-15-27(30-19-22)34-17-16-23(20-34)31-28-25-13-9-8-12-24(25)26(32-33-28)18-21-10-6-5-7-11-21/h5-15,19,23,35H,3-4,16-18,20H2,1-2H3,(H,31,33). The molecule has 1 unspecified atom stereocenters. The van der Waals surface area contributed by atoms with Gasteiger partial charge in [-0.3, -0.25) is 0 Å². The van der Waals surface area contributed by atoms with E-state index < -0.39 is 5.60 Å².